The highest BCUT2D eigenvalue weighted by molar-refractivity contribution is 8.00. The van der Waals surface area contributed by atoms with Crippen LogP contribution in [-0.2, 0) is 14.4 Å². The second-order valence-corrected chi connectivity index (χ2v) is 7.97. The highest BCUT2D eigenvalue weighted by atomic mass is 32.2. The molecule has 28 heavy (non-hydrogen) atoms. The standard InChI is InChI=1S/C17H15N5O4S2/c18-6-11(23)21(9-4-2-1-3-5-9)13-15(24)22-12(17(25)26)10(7-27-16(13)22)14-20-19-8-28-14/h1-5,8,13,16H,6-7,18H2,(H,25,26)/t13?,16-/m0/s1. The van der Waals surface area contributed by atoms with Crippen molar-refractivity contribution in [2.24, 2.45) is 5.73 Å². The van der Waals surface area contributed by atoms with Crippen LogP contribution in [0.4, 0.5) is 5.69 Å². The van der Waals surface area contributed by atoms with Gasteiger partial charge in [0.15, 0.2) is 0 Å². The van der Waals surface area contributed by atoms with Gasteiger partial charge in [-0.15, -0.1) is 33.3 Å². The lowest BCUT2D eigenvalue weighted by Gasteiger charge is -2.52. The van der Waals surface area contributed by atoms with Crippen molar-refractivity contribution in [1.82, 2.24) is 15.1 Å². The fourth-order valence-corrected chi connectivity index (χ4v) is 5.40. The van der Waals surface area contributed by atoms with Crippen LogP contribution in [0.1, 0.15) is 5.01 Å². The number of β-lactam (4-membered cyclic amide) rings is 1. The van der Waals surface area contributed by atoms with Crippen LogP contribution in [0.25, 0.3) is 5.57 Å². The summed E-state index contributed by atoms with van der Waals surface area (Å²) < 4.78 is 0. The number of carbonyl (C=O) groups is 3. The molecule has 2 aromatic rings. The quantitative estimate of drug-likeness (QED) is 0.677. The van der Waals surface area contributed by atoms with E-state index in [0.717, 1.165) is 0 Å². The summed E-state index contributed by atoms with van der Waals surface area (Å²) in [6, 6.07) is 7.95. The van der Waals surface area contributed by atoms with E-state index in [2.05, 4.69) is 10.2 Å². The van der Waals surface area contributed by atoms with E-state index in [-0.39, 0.29) is 12.2 Å². The van der Waals surface area contributed by atoms with Crippen molar-refractivity contribution in [3.05, 3.63) is 46.5 Å². The van der Waals surface area contributed by atoms with Gasteiger partial charge in [-0.3, -0.25) is 19.4 Å². The molecule has 3 heterocycles. The Bertz CT molecular complexity index is 963. The third-order valence-corrected chi connectivity index (χ3v) is 6.53. The van der Waals surface area contributed by atoms with Gasteiger partial charge in [0.25, 0.3) is 5.91 Å². The fourth-order valence-electron chi connectivity index (χ4n) is 3.32. The van der Waals surface area contributed by atoms with Gasteiger partial charge in [0.05, 0.1) is 6.54 Å². The fraction of sp³-hybridized carbons (Fsp3) is 0.235. The number of benzene rings is 1. The Morgan fingerprint density at radius 2 is 2.07 bits per heavy atom. The van der Waals surface area contributed by atoms with E-state index in [0.29, 0.717) is 22.0 Å². The molecule has 2 atom stereocenters. The van der Waals surface area contributed by atoms with Gasteiger partial charge in [0, 0.05) is 17.0 Å². The third-order valence-electron chi connectivity index (χ3n) is 4.52. The topological polar surface area (TPSA) is 130 Å². The Morgan fingerprint density at radius 3 is 2.68 bits per heavy atom. The first-order valence-corrected chi connectivity index (χ1v) is 10.2. The van der Waals surface area contributed by atoms with Gasteiger partial charge < -0.3 is 10.8 Å². The maximum Gasteiger partial charge on any atom is 0.353 e. The van der Waals surface area contributed by atoms with Gasteiger partial charge in [-0.05, 0) is 12.1 Å². The molecule has 11 heteroatoms. The lowest BCUT2D eigenvalue weighted by molar-refractivity contribution is -0.148. The van der Waals surface area contributed by atoms with Crippen LogP contribution in [0.2, 0.25) is 0 Å². The second-order valence-electron chi connectivity index (χ2n) is 6.03. The smallest absolute Gasteiger partial charge is 0.353 e. The molecular formula is C17H15N5O4S2. The third kappa shape index (κ3) is 2.87. The van der Waals surface area contributed by atoms with Crippen LogP contribution in [-0.4, -0.2) is 61.7 Å². The zero-order chi connectivity index (χ0) is 19.8. The van der Waals surface area contributed by atoms with E-state index < -0.39 is 29.2 Å². The van der Waals surface area contributed by atoms with Gasteiger partial charge in [-0.2, -0.15) is 0 Å². The summed E-state index contributed by atoms with van der Waals surface area (Å²) >= 11 is 2.61. The van der Waals surface area contributed by atoms with Gasteiger partial charge >= 0.3 is 5.97 Å². The predicted molar refractivity (Wildman–Crippen MR) is 104 cm³/mol. The van der Waals surface area contributed by atoms with Crippen molar-refractivity contribution in [3.8, 4) is 0 Å². The second kappa shape index (κ2) is 7.34. The highest BCUT2D eigenvalue weighted by Crippen LogP contribution is 2.45. The lowest BCUT2D eigenvalue weighted by atomic mass is 10.00. The van der Waals surface area contributed by atoms with Crippen LogP contribution in [0.3, 0.4) is 0 Å². The number of aromatic nitrogens is 2. The Morgan fingerprint density at radius 1 is 1.32 bits per heavy atom. The number of nitrogens with zero attached hydrogens (tertiary/aromatic N) is 4. The molecule has 1 fully saturated rings. The lowest BCUT2D eigenvalue weighted by Crippen LogP contribution is -2.72. The van der Waals surface area contributed by atoms with E-state index in [1.807, 2.05) is 0 Å². The summed E-state index contributed by atoms with van der Waals surface area (Å²) in [6.07, 6.45) is 0. The summed E-state index contributed by atoms with van der Waals surface area (Å²) in [5.74, 6) is -1.72. The molecule has 9 nitrogen and oxygen atoms in total. The van der Waals surface area contributed by atoms with Gasteiger partial charge in [-0.1, -0.05) is 18.2 Å². The Hall–Kier alpha value is -2.76. The molecule has 1 unspecified atom stereocenters. The number of amides is 2. The molecule has 0 saturated carbocycles. The molecule has 1 aromatic heterocycles. The first kappa shape index (κ1) is 18.6. The summed E-state index contributed by atoms with van der Waals surface area (Å²) in [7, 11) is 0. The number of hydrogen-bond acceptors (Lipinski definition) is 8. The maximum absolute atomic E-state index is 13.0. The number of rotatable bonds is 5. The number of anilines is 1. The van der Waals surface area contributed by atoms with Crippen molar-refractivity contribution in [3.63, 3.8) is 0 Å². The van der Waals surface area contributed by atoms with Crippen molar-refractivity contribution >= 4 is 52.1 Å². The molecule has 0 aliphatic carbocycles. The summed E-state index contributed by atoms with van der Waals surface area (Å²) in [6.45, 7) is -0.256. The number of thioether (sulfide) groups is 1. The predicted octanol–water partition coefficient (Wildman–Crippen LogP) is 0.609. The van der Waals surface area contributed by atoms with E-state index in [9.17, 15) is 19.5 Å². The number of hydrogen-bond donors (Lipinski definition) is 2. The first-order valence-electron chi connectivity index (χ1n) is 8.29. The number of carboxylic acid groups (broad SMARTS) is 1. The van der Waals surface area contributed by atoms with Crippen LogP contribution in [0.15, 0.2) is 41.5 Å². The number of carboxylic acids is 1. The van der Waals surface area contributed by atoms with Gasteiger partial charge in [-0.25, -0.2) is 4.79 Å². The average molecular weight is 417 g/mol. The molecule has 0 spiro atoms. The molecule has 144 valence electrons. The Kier molecular flexibility index (Phi) is 4.87. The summed E-state index contributed by atoms with van der Waals surface area (Å²) in [5.41, 5.74) is 7.98. The molecule has 0 bridgehead atoms. The largest absolute Gasteiger partial charge is 0.477 e. The molecule has 4 rings (SSSR count). The Labute approximate surface area is 167 Å². The molecule has 2 amide bonds. The number of aliphatic carboxylic acids is 1. The molecule has 1 saturated heterocycles. The van der Waals surface area contributed by atoms with Crippen LogP contribution in [0.5, 0.6) is 0 Å². The van der Waals surface area contributed by atoms with Crippen LogP contribution >= 0.6 is 23.1 Å². The monoisotopic (exact) mass is 417 g/mol. The van der Waals surface area contributed by atoms with E-state index in [4.69, 9.17) is 5.73 Å². The minimum absolute atomic E-state index is 0.102. The number of carbonyl (C=O) groups excluding carboxylic acids is 2. The number of para-hydroxylation sites is 1. The van der Waals surface area contributed by atoms with Crippen LogP contribution in [0, 0.1) is 0 Å². The highest BCUT2D eigenvalue weighted by Gasteiger charge is 2.57. The molecular weight excluding hydrogens is 402 g/mol. The summed E-state index contributed by atoms with van der Waals surface area (Å²) in [4.78, 5) is 40.0. The van der Waals surface area contributed by atoms with Crippen molar-refractivity contribution < 1.29 is 19.5 Å². The molecule has 2 aliphatic heterocycles. The minimum Gasteiger partial charge on any atom is -0.477 e. The molecule has 2 aliphatic rings. The molecule has 1 aromatic carbocycles. The van der Waals surface area contributed by atoms with Crippen molar-refractivity contribution in [2.75, 3.05) is 17.2 Å². The molecule has 3 N–H and O–H groups in total. The maximum atomic E-state index is 13.0. The van der Waals surface area contributed by atoms with E-state index in [1.54, 1.807) is 30.3 Å². The number of nitrogens with two attached hydrogens (primary N) is 1. The molecule has 0 radical (unpaired) electrons. The number of fused-ring (bicyclic) bond motifs is 1. The van der Waals surface area contributed by atoms with Crippen molar-refractivity contribution in [1.29, 1.82) is 0 Å². The van der Waals surface area contributed by atoms with E-state index >= 15 is 0 Å². The first-order chi connectivity index (χ1) is 13.5. The zero-order valence-corrected chi connectivity index (χ0v) is 16.0. The normalized spacial score (nSPS) is 21.2. The SMILES string of the molecule is NCC(=O)N(c1ccccc1)C1C(=O)N2C(C(=O)O)=C(c3nncs3)CS[C@@H]12. The van der Waals surface area contributed by atoms with E-state index in [1.165, 1.54) is 38.4 Å². The van der Waals surface area contributed by atoms with Crippen LogP contribution < -0.4 is 10.6 Å². The zero-order valence-electron chi connectivity index (χ0n) is 14.4. The average Bonchev–Trinajstić information content (AvgIpc) is 3.25. The van der Waals surface area contributed by atoms with Crippen molar-refractivity contribution in [2.45, 2.75) is 11.4 Å². The minimum atomic E-state index is -1.21. The van der Waals surface area contributed by atoms with Gasteiger partial charge in [0.2, 0.25) is 5.91 Å². The Balaban J connectivity index is 1.72. The summed E-state index contributed by atoms with van der Waals surface area (Å²) in [5, 5.41) is 17.4. The van der Waals surface area contributed by atoms with Gasteiger partial charge in [0.1, 0.15) is 27.6 Å².